The third-order valence-electron chi connectivity index (χ3n) is 5.91. The maximum absolute atomic E-state index is 13.0. The fraction of sp³-hybridized carbons (Fsp3) is 0.500. The lowest BCUT2D eigenvalue weighted by atomic mass is 10.1. The molecule has 0 unspecified atom stereocenters. The summed E-state index contributed by atoms with van der Waals surface area (Å²) in [5.74, 6) is 0.685. The van der Waals surface area contributed by atoms with Gasteiger partial charge in [-0.3, -0.25) is 0 Å². The van der Waals surface area contributed by atoms with Gasteiger partial charge in [0, 0.05) is 32.0 Å². The minimum Gasteiger partial charge on any atom is -0.391 e. The molecule has 32 heavy (non-hydrogen) atoms. The van der Waals surface area contributed by atoms with Crippen LogP contribution in [0.4, 0.5) is 11.8 Å². The summed E-state index contributed by atoms with van der Waals surface area (Å²) in [5.41, 5.74) is 2.32. The molecule has 2 atom stereocenters. The van der Waals surface area contributed by atoms with Crippen LogP contribution in [-0.4, -0.2) is 83.0 Å². The second-order valence-electron chi connectivity index (χ2n) is 8.32. The number of hydrogen-bond acceptors (Lipinski definition) is 9. The Bertz CT molecular complexity index is 1220. The Morgan fingerprint density at radius 1 is 1.22 bits per heavy atom. The van der Waals surface area contributed by atoms with E-state index in [9.17, 15) is 13.5 Å². The summed E-state index contributed by atoms with van der Waals surface area (Å²) in [6, 6.07) is 1.54. The number of aliphatic hydroxyl groups excluding tert-OH is 1. The Hall–Kier alpha value is -2.83. The number of piperidine rings is 1. The molecule has 0 aliphatic carbocycles. The Balaban J connectivity index is 1.66. The van der Waals surface area contributed by atoms with Crippen LogP contribution in [0.1, 0.15) is 19.3 Å². The number of aromatic amines is 1. The molecule has 2 fully saturated rings. The Morgan fingerprint density at radius 3 is 2.81 bits per heavy atom. The summed E-state index contributed by atoms with van der Waals surface area (Å²) >= 11 is 0. The Kier molecular flexibility index (Phi) is 5.43. The van der Waals surface area contributed by atoms with E-state index in [1.54, 1.807) is 18.6 Å². The van der Waals surface area contributed by atoms with E-state index in [2.05, 4.69) is 25.3 Å². The van der Waals surface area contributed by atoms with Gasteiger partial charge < -0.3 is 20.3 Å². The van der Waals surface area contributed by atoms with Crippen LogP contribution in [0.2, 0.25) is 0 Å². The zero-order chi connectivity index (χ0) is 22.3. The van der Waals surface area contributed by atoms with Crippen molar-refractivity contribution in [3.05, 3.63) is 24.7 Å². The molecule has 0 bridgehead atoms. The quantitative estimate of drug-likeness (QED) is 0.498. The average molecular weight is 459 g/mol. The highest BCUT2D eigenvalue weighted by molar-refractivity contribution is 7.92. The average Bonchev–Trinajstić information content (AvgIpc) is 3.42. The molecule has 2 aliphatic rings. The van der Waals surface area contributed by atoms with Gasteiger partial charge in [-0.25, -0.2) is 27.7 Å². The van der Waals surface area contributed by atoms with Gasteiger partial charge in [0.05, 0.1) is 35.9 Å². The summed E-state index contributed by atoms with van der Waals surface area (Å²) in [4.78, 5) is 23.2. The van der Waals surface area contributed by atoms with Gasteiger partial charge in [-0.05, 0) is 31.9 Å². The molecular weight excluding hydrogens is 432 g/mol. The number of aromatic nitrogens is 5. The zero-order valence-electron chi connectivity index (χ0n) is 17.8. The van der Waals surface area contributed by atoms with E-state index in [0.29, 0.717) is 54.4 Å². The van der Waals surface area contributed by atoms with Crippen LogP contribution in [0.5, 0.6) is 0 Å². The molecule has 2 aliphatic heterocycles. The number of β-amino-alcohol motifs (C(OH)–C–C–N with tert-alkyl or cyclic N) is 1. The van der Waals surface area contributed by atoms with Gasteiger partial charge in [0.25, 0.3) is 0 Å². The molecule has 0 spiro atoms. The molecule has 3 aromatic rings. The number of aliphatic hydroxyl groups is 1. The molecule has 3 N–H and O–H groups in total. The largest absolute Gasteiger partial charge is 0.391 e. The molecule has 5 rings (SSSR count). The minimum absolute atomic E-state index is 0.270. The van der Waals surface area contributed by atoms with Gasteiger partial charge in [-0.15, -0.1) is 0 Å². The highest BCUT2D eigenvalue weighted by Gasteiger charge is 2.33. The highest BCUT2D eigenvalue weighted by Crippen LogP contribution is 2.34. The first-order valence-corrected chi connectivity index (χ1v) is 12.6. The molecule has 0 radical (unpaired) electrons. The monoisotopic (exact) mass is 458 g/mol. The first-order valence-electron chi connectivity index (χ1n) is 10.7. The number of anilines is 2. The fourth-order valence-electron chi connectivity index (χ4n) is 4.38. The zero-order valence-corrected chi connectivity index (χ0v) is 18.6. The first-order chi connectivity index (χ1) is 15.4. The first kappa shape index (κ1) is 21.0. The van der Waals surface area contributed by atoms with E-state index in [-0.39, 0.29) is 11.9 Å². The lowest BCUT2D eigenvalue weighted by Gasteiger charge is -2.34. The normalized spacial score (nSPS) is 21.9. The summed E-state index contributed by atoms with van der Waals surface area (Å²) in [6.07, 6.45) is 7.94. The smallest absolute Gasteiger partial charge is 0.233 e. The van der Waals surface area contributed by atoms with Crippen LogP contribution in [-0.2, 0) is 10.0 Å². The molecule has 0 aromatic carbocycles. The summed E-state index contributed by atoms with van der Waals surface area (Å²) < 4.78 is 27.4. The van der Waals surface area contributed by atoms with E-state index >= 15 is 0 Å². The van der Waals surface area contributed by atoms with Gasteiger partial charge in [0.15, 0.2) is 11.5 Å². The van der Waals surface area contributed by atoms with Crippen molar-refractivity contribution >= 4 is 33.0 Å². The van der Waals surface area contributed by atoms with Crippen molar-refractivity contribution in [1.82, 2.24) is 30.2 Å². The molecule has 12 heteroatoms. The van der Waals surface area contributed by atoms with Crippen molar-refractivity contribution in [2.24, 2.45) is 0 Å². The predicted octanol–water partition coefficient (Wildman–Crippen LogP) is 0.504. The SMILES string of the molecule is CS(=O)(=O)N(c1nc(N2CC[C@@H](O)C2)ncc1-c1cnc2[nH]ccc2n1)[C@@H]1CCCNC1. The van der Waals surface area contributed by atoms with Crippen LogP contribution in [0.15, 0.2) is 24.7 Å². The molecule has 170 valence electrons. The summed E-state index contributed by atoms with van der Waals surface area (Å²) in [6.45, 7) is 2.42. The predicted molar refractivity (Wildman–Crippen MR) is 121 cm³/mol. The number of nitrogens with one attached hydrogen (secondary N) is 2. The maximum Gasteiger partial charge on any atom is 0.233 e. The van der Waals surface area contributed by atoms with Crippen LogP contribution in [0, 0.1) is 0 Å². The lowest BCUT2D eigenvalue weighted by Crippen LogP contribution is -2.49. The number of rotatable bonds is 5. The van der Waals surface area contributed by atoms with E-state index in [1.165, 1.54) is 10.6 Å². The van der Waals surface area contributed by atoms with E-state index in [0.717, 1.165) is 19.4 Å². The van der Waals surface area contributed by atoms with Gasteiger partial charge in [0.1, 0.15) is 5.52 Å². The molecule has 0 amide bonds. The standard InChI is InChI=1S/C20H26N8O3S/c1-32(30,31)28(13-3-2-6-21-9-13)19-15(17-11-23-18-16(25-17)4-7-22-18)10-24-20(26-19)27-8-5-14(29)12-27/h4,7,10-11,13-14,21,29H,2-3,5-6,8-9,12H2,1H3,(H,22,23)/t13-,14-/m1/s1. The van der Waals surface area contributed by atoms with Crippen molar-refractivity contribution in [3.63, 3.8) is 0 Å². The van der Waals surface area contributed by atoms with Crippen molar-refractivity contribution in [2.45, 2.75) is 31.4 Å². The van der Waals surface area contributed by atoms with Crippen LogP contribution in [0.3, 0.4) is 0 Å². The van der Waals surface area contributed by atoms with Crippen molar-refractivity contribution in [3.8, 4) is 11.3 Å². The number of nitrogens with zero attached hydrogens (tertiary/aromatic N) is 6. The number of sulfonamides is 1. The molecule has 11 nitrogen and oxygen atoms in total. The van der Waals surface area contributed by atoms with Gasteiger partial charge in [-0.2, -0.15) is 4.98 Å². The summed E-state index contributed by atoms with van der Waals surface area (Å²) in [5, 5.41) is 13.2. The van der Waals surface area contributed by atoms with E-state index < -0.39 is 16.1 Å². The van der Waals surface area contributed by atoms with Crippen LogP contribution >= 0.6 is 0 Å². The maximum atomic E-state index is 13.0. The number of H-pyrrole nitrogens is 1. The minimum atomic E-state index is -3.65. The van der Waals surface area contributed by atoms with Crippen LogP contribution in [0.25, 0.3) is 22.4 Å². The topological polar surface area (TPSA) is 140 Å². The molecule has 2 saturated heterocycles. The summed E-state index contributed by atoms with van der Waals surface area (Å²) in [7, 11) is -3.65. The Labute approximate surface area is 186 Å². The number of hydrogen-bond donors (Lipinski definition) is 3. The van der Waals surface area contributed by atoms with Crippen molar-refractivity contribution in [2.75, 3.05) is 41.6 Å². The van der Waals surface area contributed by atoms with E-state index in [4.69, 9.17) is 4.98 Å². The third kappa shape index (κ3) is 4.00. The second kappa shape index (κ2) is 8.26. The molecule has 0 saturated carbocycles. The van der Waals surface area contributed by atoms with Gasteiger partial charge in [0.2, 0.25) is 16.0 Å². The van der Waals surface area contributed by atoms with Gasteiger partial charge >= 0.3 is 0 Å². The van der Waals surface area contributed by atoms with Gasteiger partial charge in [-0.1, -0.05) is 0 Å². The highest BCUT2D eigenvalue weighted by atomic mass is 32.2. The fourth-order valence-corrected chi connectivity index (χ4v) is 5.56. The van der Waals surface area contributed by atoms with Crippen molar-refractivity contribution < 1.29 is 13.5 Å². The van der Waals surface area contributed by atoms with Crippen molar-refractivity contribution in [1.29, 1.82) is 0 Å². The molecule has 5 heterocycles. The lowest BCUT2D eigenvalue weighted by molar-refractivity contribution is 0.198. The number of fused-ring (bicyclic) bond motifs is 1. The second-order valence-corrected chi connectivity index (χ2v) is 10.2. The van der Waals surface area contributed by atoms with E-state index in [1.807, 2.05) is 11.0 Å². The third-order valence-corrected chi connectivity index (χ3v) is 7.09. The Morgan fingerprint density at radius 2 is 2.09 bits per heavy atom. The molecule has 3 aromatic heterocycles. The van der Waals surface area contributed by atoms with Crippen LogP contribution < -0.4 is 14.5 Å². The molecular formula is C20H26N8O3S.